The van der Waals surface area contributed by atoms with Gasteiger partial charge in [0, 0.05) is 26.2 Å². The average Bonchev–Trinajstić information content (AvgIpc) is 2.66. The van der Waals surface area contributed by atoms with Gasteiger partial charge >= 0.3 is 6.09 Å². The van der Waals surface area contributed by atoms with E-state index in [0.717, 1.165) is 23.4 Å². The van der Waals surface area contributed by atoms with E-state index in [1.807, 2.05) is 0 Å². The van der Waals surface area contributed by atoms with Crippen molar-refractivity contribution in [3.63, 3.8) is 0 Å². The molecule has 0 radical (unpaired) electrons. The molecule has 11 nitrogen and oxygen atoms in total. The number of nitrogens with zero attached hydrogens (tertiary/aromatic N) is 5. The van der Waals surface area contributed by atoms with Gasteiger partial charge in [0.15, 0.2) is 5.82 Å². The largest absolute Gasteiger partial charge is 0.476 e. The molecular formula is C16H23N5O6S. The van der Waals surface area contributed by atoms with Gasteiger partial charge in [0.25, 0.3) is 0 Å². The monoisotopic (exact) mass is 413 g/mol. The van der Waals surface area contributed by atoms with Gasteiger partial charge in [0.2, 0.25) is 21.8 Å². The fourth-order valence-corrected chi connectivity index (χ4v) is 3.95. The first-order chi connectivity index (χ1) is 13.2. The van der Waals surface area contributed by atoms with Gasteiger partial charge in [-0.2, -0.15) is 4.31 Å². The lowest BCUT2D eigenvalue weighted by molar-refractivity contribution is -0.120. The first-order valence-electron chi connectivity index (χ1n) is 8.92. The van der Waals surface area contributed by atoms with Gasteiger partial charge in [0.1, 0.15) is 0 Å². The number of aromatic nitrogens is 2. The smallest absolute Gasteiger partial charge is 0.407 e. The van der Waals surface area contributed by atoms with Crippen molar-refractivity contribution in [1.29, 1.82) is 0 Å². The van der Waals surface area contributed by atoms with Gasteiger partial charge in [-0.15, -0.1) is 0 Å². The molecule has 12 heteroatoms. The van der Waals surface area contributed by atoms with E-state index in [4.69, 9.17) is 9.84 Å². The highest BCUT2D eigenvalue weighted by atomic mass is 32.2. The van der Waals surface area contributed by atoms with Crippen LogP contribution in [0.5, 0.6) is 5.88 Å². The predicted octanol–water partition coefficient (Wildman–Crippen LogP) is -0.146. The second-order valence-corrected chi connectivity index (χ2v) is 8.86. The number of likely N-dealkylation sites (tertiary alicyclic amines) is 1. The maximum atomic E-state index is 12.2. The summed E-state index contributed by atoms with van der Waals surface area (Å²) in [5, 5.41) is 8.95. The van der Waals surface area contributed by atoms with Crippen LogP contribution in [0.2, 0.25) is 0 Å². The van der Waals surface area contributed by atoms with Gasteiger partial charge in [-0.1, -0.05) is 0 Å². The molecule has 0 unspecified atom stereocenters. The van der Waals surface area contributed by atoms with Crippen molar-refractivity contribution in [1.82, 2.24) is 19.2 Å². The van der Waals surface area contributed by atoms with E-state index >= 15 is 0 Å². The number of ether oxygens (including phenoxy) is 1. The summed E-state index contributed by atoms with van der Waals surface area (Å²) < 4.78 is 29.9. The van der Waals surface area contributed by atoms with Crippen molar-refractivity contribution in [2.45, 2.75) is 12.8 Å². The predicted molar refractivity (Wildman–Crippen MR) is 98.6 cm³/mol. The van der Waals surface area contributed by atoms with Crippen molar-refractivity contribution >= 4 is 27.8 Å². The van der Waals surface area contributed by atoms with Crippen LogP contribution >= 0.6 is 0 Å². The number of piperazine rings is 1. The minimum atomic E-state index is -3.40. The Morgan fingerprint density at radius 3 is 2.46 bits per heavy atom. The van der Waals surface area contributed by atoms with E-state index in [1.54, 1.807) is 0 Å². The molecule has 0 saturated carbocycles. The Balaban J connectivity index is 1.50. The first kappa shape index (κ1) is 20.3. The van der Waals surface area contributed by atoms with E-state index in [1.165, 1.54) is 22.2 Å². The van der Waals surface area contributed by atoms with Crippen LogP contribution in [0.4, 0.5) is 10.6 Å². The summed E-state index contributed by atoms with van der Waals surface area (Å²) in [6.45, 7) is 1.62. The second kappa shape index (κ2) is 8.27. The lowest BCUT2D eigenvalue weighted by Crippen LogP contribution is -2.52. The number of carbonyl (C=O) groups excluding carboxylic acids is 1. The number of sulfonamides is 1. The number of carboxylic acid groups (broad SMARTS) is 1. The van der Waals surface area contributed by atoms with E-state index in [-0.39, 0.29) is 31.5 Å². The summed E-state index contributed by atoms with van der Waals surface area (Å²) in [4.78, 5) is 34.3. The van der Waals surface area contributed by atoms with Crippen molar-refractivity contribution in [2.75, 3.05) is 50.5 Å². The fourth-order valence-electron chi connectivity index (χ4n) is 3.19. The number of hydrogen-bond donors (Lipinski definition) is 1. The highest BCUT2D eigenvalue weighted by Crippen LogP contribution is 2.20. The quantitative estimate of drug-likeness (QED) is 0.705. The van der Waals surface area contributed by atoms with Gasteiger partial charge in [-0.05, 0) is 18.8 Å². The third-order valence-electron chi connectivity index (χ3n) is 4.90. The van der Waals surface area contributed by atoms with Crippen molar-refractivity contribution < 1.29 is 27.9 Å². The Bertz CT molecular complexity index is 822. The topological polar surface area (TPSA) is 133 Å². The Kier molecular flexibility index (Phi) is 5.98. The summed E-state index contributed by atoms with van der Waals surface area (Å²) in [7, 11) is -3.40. The van der Waals surface area contributed by atoms with Crippen LogP contribution in [0.15, 0.2) is 12.4 Å². The third kappa shape index (κ3) is 4.87. The second-order valence-electron chi connectivity index (χ2n) is 6.88. The number of anilines is 1. The Labute approximate surface area is 163 Å². The Morgan fingerprint density at radius 1 is 1.21 bits per heavy atom. The van der Waals surface area contributed by atoms with Gasteiger partial charge in [0.05, 0.1) is 31.8 Å². The Hall–Kier alpha value is -2.47. The zero-order valence-electron chi connectivity index (χ0n) is 15.5. The lowest BCUT2D eigenvalue weighted by atomic mass is 9.98. The number of hydrogen-bond acceptors (Lipinski definition) is 7. The molecule has 2 amide bonds. The molecule has 3 heterocycles. The molecule has 2 aliphatic rings. The van der Waals surface area contributed by atoms with Crippen LogP contribution in [0.3, 0.4) is 0 Å². The summed E-state index contributed by atoms with van der Waals surface area (Å²) in [5.41, 5.74) is 0. The molecule has 2 fully saturated rings. The molecule has 3 rings (SSSR count). The van der Waals surface area contributed by atoms with Crippen molar-refractivity contribution in [3.8, 4) is 5.88 Å². The fraction of sp³-hybridized carbons (Fsp3) is 0.625. The molecule has 0 bridgehead atoms. The molecular weight excluding hydrogens is 390 g/mol. The maximum Gasteiger partial charge on any atom is 0.407 e. The minimum absolute atomic E-state index is 0.208. The Morgan fingerprint density at radius 2 is 1.93 bits per heavy atom. The third-order valence-corrected chi connectivity index (χ3v) is 6.15. The van der Waals surface area contributed by atoms with E-state index in [0.29, 0.717) is 31.4 Å². The normalized spacial score (nSPS) is 19.7. The summed E-state index contributed by atoms with van der Waals surface area (Å²) >= 11 is 0. The summed E-state index contributed by atoms with van der Waals surface area (Å²) in [5.74, 6) is 0.569. The number of amides is 2. The number of carbonyl (C=O) groups is 2. The summed E-state index contributed by atoms with van der Waals surface area (Å²) in [6, 6.07) is 0. The molecule has 154 valence electrons. The van der Waals surface area contributed by atoms with Crippen LogP contribution in [0, 0.1) is 5.92 Å². The molecule has 2 saturated heterocycles. The number of rotatable bonds is 5. The molecule has 28 heavy (non-hydrogen) atoms. The molecule has 0 aromatic carbocycles. The zero-order chi connectivity index (χ0) is 20.3. The van der Waals surface area contributed by atoms with Crippen LogP contribution in [-0.4, -0.2) is 90.3 Å². The minimum Gasteiger partial charge on any atom is -0.476 e. The van der Waals surface area contributed by atoms with Crippen molar-refractivity contribution in [3.05, 3.63) is 12.4 Å². The highest BCUT2D eigenvalue weighted by molar-refractivity contribution is 7.88. The van der Waals surface area contributed by atoms with Crippen LogP contribution in [-0.2, 0) is 14.8 Å². The molecule has 1 aromatic rings. The van der Waals surface area contributed by atoms with Gasteiger partial charge in [-0.3, -0.25) is 9.69 Å². The molecule has 2 aliphatic heterocycles. The summed E-state index contributed by atoms with van der Waals surface area (Å²) in [6.07, 6.45) is 4.50. The van der Waals surface area contributed by atoms with E-state index in [2.05, 4.69) is 9.97 Å². The standard InChI is InChI=1S/C16H23N5O6S/c1-28(25,26)20-6-7-21(15(22)10-20)13-8-18-14(9-17-13)27-11-12-2-4-19(5-3-12)16(23)24/h8-9,12H,2-7,10-11H2,1H3,(H,23,24). The highest BCUT2D eigenvalue weighted by Gasteiger charge is 2.30. The molecule has 1 N–H and O–H groups in total. The molecule has 0 spiro atoms. The number of piperidine rings is 1. The molecule has 0 atom stereocenters. The molecule has 1 aromatic heterocycles. The van der Waals surface area contributed by atoms with Crippen LogP contribution < -0.4 is 9.64 Å². The lowest BCUT2D eigenvalue weighted by Gasteiger charge is -2.32. The SMILES string of the molecule is CS(=O)(=O)N1CCN(c2cnc(OCC3CCN(C(=O)O)CC3)cn2)C(=O)C1. The van der Waals surface area contributed by atoms with E-state index in [9.17, 15) is 18.0 Å². The van der Waals surface area contributed by atoms with Crippen molar-refractivity contribution in [2.24, 2.45) is 5.92 Å². The van der Waals surface area contributed by atoms with Crippen LogP contribution in [0.25, 0.3) is 0 Å². The zero-order valence-corrected chi connectivity index (χ0v) is 16.3. The van der Waals surface area contributed by atoms with Gasteiger partial charge in [-0.25, -0.2) is 23.2 Å². The van der Waals surface area contributed by atoms with Crippen LogP contribution in [0.1, 0.15) is 12.8 Å². The average molecular weight is 413 g/mol. The first-order valence-corrected chi connectivity index (χ1v) is 10.8. The van der Waals surface area contributed by atoms with Gasteiger partial charge < -0.3 is 14.7 Å². The van der Waals surface area contributed by atoms with E-state index < -0.39 is 16.1 Å². The maximum absolute atomic E-state index is 12.2. The molecule has 0 aliphatic carbocycles.